The third kappa shape index (κ3) is 3.92. The zero-order valence-corrected chi connectivity index (χ0v) is 12.6. The first-order valence-electron chi connectivity index (χ1n) is 7.08. The van der Waals surface area contributed by atoms with Crippen molar-refractivity contribution in [2.24, 2.45) is 10.2 Å². The van der Waals surface area contributed by atoms with E-state index in [2.05, 4.69) is 21.5 Å². The predicted molar refractivity (Wildman–Crippen MR) is 81.6 cm³/mol. The normalized spacial score (nSPS) is 14.1. The predicted octanol–water partition coefficient (Wildman–Crippen LogP) is 3.13. The van der Waals surface area contributed by atoms with Crippen molar-refractivity contribution in [3.63, 3.8) is 0 Å². The van der Waals surface area contributed by atoms with Crippen molar-refractivity contribution in [3.8, 4) is 12.3 Å². The van der Waals surface area contributed by atoms with Crippen molar-refractivity contribution in [2.75, 3.05) is 5.32 Å². The lowest BCUT2D eigenvalue weighted by Gasteiger charge is -2.12. The number of nitrogens with one attached hydrogen (secondary N) is 1. The maximum atomic E-state index is 13.5. The summed E-state index contributed by atoms with van der Waals surface area (Å²) in [5.41, 5.74) is -0.543. The fraction of sp³-hybridized carbons (Fsp3) is 0.375. The smallest absolute Gasteiger partial charge is 0.339 e. The largest absolute Gasteiger partial charge is 0.478 e. The number of rotatable bonds is 7. The number of carboxylic acid groups (broad SMARTS) is 1. The Morgan fingerprint density at radius 3 is 2.65 bits per heavy atom. The van der Waals surface area contributed by atoms with Crippen LogP contribution >= 0.6 is 0 Å². The van der Waals surface area contributed by atoms with E-state index in [1.807, 2.05) is 0 Å². The highest BCUT2D eigenvalue weighted by atomic mass is 19.1. The summed E-state index contributed by atoms with van der Waals surface area (Å²) in [6.07, 6.45) is 6.94. The highest BCUT2D eigenvalue weighted by molar-refractivity contribution is 5.96. The van der Waals surface area contributed by atoms with Gasteiger partial charge >= 0.3 is 5.97 Å². The Morgan fingerprint density at radius 2 is 2.09 bits per heavy atom. The van der Waals surface area contributed by atoms with Gasteiger partial charge in [-0.05, 0) is 24.6 Å². The molecule has 7 heteroatoms. The van der Waals surface area contributed by atoms with Crippen LogP contribution in [0.3, 0.4) is 0 Å². The van der Waals surface area contributed by atoms with Crippen LogP contribution in [-0.4, -0.2) is 22.6 Å². The lowest BCUT2D eigenvalue weighted by atomic mass is 10.0. The zero-order valence-electron chi connectivity index (χ0n) is 12.6. The summed E-state index contributed by atoms with van der Waals surface area (Å²) in [6.45, 7) is 1.45. The number of amides is 1. The molecule has 1 amide bonds. The van der Waals surface area contributed by atoms with Gasteiger partial charge in [-0.15, -0.1) is 12.3 Å². The number of carboxylic acids is 1. The van der Waals surface area contributed by atoms with E-state index >= 15 is 0 Å². The molecule has 120 valence electrons. The Kier molecular flexibility index (Phi) is 4.74. The molecular weight excluding hydrogens is 301 g/mol. The Labute approximate surface area is 132 Å². The van der Waals surface area contributed by atoms with Gasteiger partial charge in [-0.1, -0.05) is 0 Å². The SMILES string of the molecule is C#CCCC1(CCC(=O)Nc2ccc(F)c(C(=O)O)c2C)N=N1. The average Bonchev–Trinajstić information content (AvgIpc) is 3.26. The van der Waals surface area contributed by atoms with Gasteiger partial charge in [0.2, 0.25) is 5.91 Å². The third-order valence-corrected chi connectivity index (χ3v) is 3.71. The van der Waals surface area contributed by atoms with Gasteiger partial charge in [-0.3, -0.25) is 4.79 Å². The van der Waals surface area contributed by atoms with Crippen LogP contribution in [0.5, 0.6) is 0 Å². The minimum atomic E-state index is -1.38. The van der Waals surface area contributed by atoms with Crippen molar-refractivity contribution in [3.05, 3.63) is 29.1 Å². The minimum absolute atomic E-state index is 0.163. The minimum Gasteiger partial charge on any atom is -0.478 e. The number of terminal acetylenes is 1. The molecule has 0 aliphatic carbocycles. The molecule has 0 bridgehead atoms. The van der Waals surface area contributed by atoms with E-state index in [1.165, 1.54) is 13.0 Å². The number of benzene rings is 1. The summed E-state index contributed by atoms with van der Waals surface area (Å²) in [6, 6.07) is 2.36. The molecule has 0 saturated heterocycles. The summed E-state index contributed by atoms with van der Waals surface area (Å²) in [7, 11) is 0. The van der Waals surface area contributed by atoms with Crippen molar-refractivity contribution in [2.45, 2.75) is 38.3 Å². The molecule has 1 aliphatic rings. The van der Waals surface area contributed by atoms with Gasteiger partial charge in [0.05, 0.1) is 0 Å². The molecule has 1 aromatic rings. The van der Waals surface area contributed by atoms with Crippen molar-refractivity contribution in [1.29, 1.82) is 0 Å². The van der Waals surface area contributed by atoms with Gasteiger partial charge in [-0.2, -0.15) is 10.2 Å². The van der Waals surface area contributed by atoms with Crippen LogP contribution in [0.15, 0.2) is 22.4 Å². The second-order valence-electron chi connectivity index (χ2n) is 5.33. The lowest BCUT2D eigenvalue weighted by molar-refractivity contribution is -0.116. The maximum Gasteiger partial charge on any atom is 0.339 e. The van der Waals surface area contributed by atoms with Gasteiger partial charge in [-0.25, -0.2) is 9.18 Å². The van der Waals surface area contributed by atoms with E-state index in [9.17, 15) is 14.0 Å². The van der Waals surface area contributed by atoms with Gasteiger partial charge in [0.1, 0.15) is 11.4 Å². The summed E-state index contributed by atoms with van der Waals surface area (Å²) in [4.78, 5) is 23.1. The molecule has 0 saturated carbocycles. The fourth-order valence-corrected chi connectivity index (χ4v) is 2.27. The number of halogens is 1. The first kappa shape index (κ1) is 16.6. The fourth-order valence-electron chi connectivity index (χ4n) is 2.27. The number of hydrogen-bond acceptors (Lipinski definition) is 4. The monoisotopic (exact) mass is 317 g/mol. The maximum absolute atomic E-state index is 13.5. The molecule has 1 aromatic carbocycles. The number of nitrogens with zero attached hydrogens (tertiary/aromatic N) is 2. The molecule has 1 heterocycles. The average molecular weight is 317 g/mol. The Morgan fingerprint density at radius 1 is 1.39 bits per heavy atom. The molecule has 0 spiro atoms. The zero-order chi connectivity index (χ0) is 17.0. The van der Waals surface area contributed by atoms with Gasteiger partial charge in [0, 0.05) is 31.4 Å². The van der Waals surface area contributed by atoms with Crippen molar-refractivity contribution >= 4 is 17.6 Å². The number of anilines is 1. The molecule has 1 aliphatic heterocycles. The molecule has 0 radical (unpaired) electrons. The number of hydrogen-bond donors (Lipinski definition) is 2. The second-order valence-corrected chi connectivity index (χ2v) is 5.33. The van der Waals surface area contributed by atoms with Crippen molar-refractivity contribution in [1.82, 2.24) is 0 Å². The van der Waals surface area contributed by atoms with E-state index in [-0.39, 0.29) is 23.6 Å². The molecule has 2 N–H and O–H groups in total. The van der Waals surface area contributed by atoms with E-state index in [4.69, 9.17) is 11.5 Å². The molecule has 23 heavy (non-hydrogen) atoms. The quantitative estimate of drug-likeness (QED) is 0.757. The summed E-state index contributed by atoms with van der Waals surface area (Å²) >= 11 is 0. The van der Waals surface area contributed by atoms with Crippen LogP contribution in [-0.2, 0) is 4.79 Å². The van der Waals surface area contributed by atoms with Gasteiger partial charge in [0.15, 0.2) is 5.66 Å². The summed E-state index contributed by atoms with van der Waals surface area (Å²) < 4.78 is 13.5. The molecule has 6 nitrogen and oxygen atoms in total. The van der Waals surface area contributed by atoms with Crippen LogP contribution in [0.2, 0.25) is 0 Å². The molecule has 0 aromatic heterocycles. The van der Waals surface area contributed by atoms with Crippen LogP contribution in [0.25, 0.3) is 0 Å². The molecule has 0 fully saturated rings. The van der Waals surface area contributed by atoms with E-state index < -0.39 is 23.0 Å². The van der Waals surface area contributed by atoms with Gasteiger partial charge in [0.25, 0.3) is 0 Å². The summed E-state index contributed by atoms with van der Waals surface area (Å²) in [5.74, 6) is -0.0138. The molecular formula is C16H16FN3O3. The van der Waals surface area contributed by atoms with E-state index in [0.29, 0.717) is 19.3 Å². The van der Waals surface area contributed by atoms with Crippen LogP contribution in [0.1, 0.15) is 41.6 Å². The number of aromatic carboxylic acids is 1. The molecule has 0 atom stereocenters. The molecule has 0 unspecified atom stereocenters. The van der Waals surface area contributed by atoms with Crippen LogP contribution in [0.4, 0.5) is 10.1 Å². The third-order valence-electron chi connectivity index (χ3n) is 3.71. The second kappa shape index (κ2) is 6.57. The lowest BCUT2D eigenvalue weighted by Crippen LogP contribution is -2.18. The van der Waals surface area contributed by atoms with E-state index in [0.717, 1.165) is 6.07 Å². The summed E-state index contributed by atoms with van der Waals surface area (Å²) in [5, 5.41) is 19.5. The Bertz CT molecular complexity index is 716. The van der Waals surface area contributed by atoms with Crippen molar-refractivity contribution < 1.29 is 19.1 Å². The highest BCUT2D eigenvalue weighted by Crippen LogP contribution is 2.37. The number of carbonyl (C=O) groups is 2. The first-order chi connectivity index (χ1) is 10.9. The van der Waals surface area contributed by atoms with Crippen LogP contribution in [0, 0.1) is 25.1 Å². The highest BCUT2D eigenvalue weighted by Gasteiger charge is 2.39. The first-order valence-corrected chi connectivity index (χ1v) is 7.08. The Hall–Kier alpha value is -2.75. The topological polar surface area (TPSA) is 91.1 Å². The van der Waals surface area contributed by atoms with E-state index in [1.54, 1.807) is 0 Å². The molecule has 2 rings (SSSR count). The number of carbonyl (C=O) groups excluding carboxylic acids is 1. The Balaban J connectivity index is 1.97. The van der Waals surface area contributed by atoms with Gasteiger partial charge < -0.3 is 10.4 Å². The standard InChI is InChI=1S/C16H16FN3O3/c1-3-4-8-16(19-20-16)9-7-13(21)18-12-6-5-11(17)14(10(12)2)15(22)23/h1,5-6H,4,7-9H2,2H3,(H,18,21)(H,22,23). The van der Waals surface area contributed by atoms with Crippen LogP contribution < -0.4 is 5.32 Å².